The lowest BCUT2D eigenvalue weighted by Gasteiger charge is -2.05. The number of nitro benzene ring substituents is 1. The van der Waals surface area contributed by atoms with Crippen LogP contribution in [-0.4, -0.2) is 25.6 Å². The van der Waals surface area contributed by atoms with E-state index in [0.29, 0.717) is 11.3 Å². The Morgan fingerprint density at radius 1 is 1.26 bits per heavy atom. The molecule has 0 atom stereocenters. The first kappa shape index (κ1) is 22.9. The Hall–Kier alpha value is -4.25. The molecule has 0 radical (unpaired) electrons. The summed E-state index contributed by atoms with van der Waals surface area (Å²) in [5.41, 5.74) is 1.20. The van der Waals surface area contributed by atoms with Crippen molar-refractivity contribution in [3.05, 3.63) is 98.5 Å². The number of hydrogen-bond acceptors (Lipinski definition) is 7. The molecule has 0 bridgehead atoms. The summed E-state index contributed by atoms with van der Waals surface area (Å²) in [6.45, 7) is 1.86. The van der Waals surface area contributed by atoms with Crippen molar-refractivity contribution >= 4 is 29.1 Å². The number of ether oxygens (including phenoxy) is 1. The Bertz CT molecular complexity index is 1370. The van der Waals surface area contributed by atoms with E-state index in [9.17, 15) is 19.3 Å². The number of nitrogens with one attached hydrogen (secondary N) is 1. The van der Waals surface area contributed by atoms with Gasteiger partial charge in [-0.15, -0.1) is 5.10 Å². The molecule has 34 heavy (non-hydrogen) atoms. The van der Waals surface area contributed by atoms with Crippen molar-refractivity contribution < 1.29 is 23.3 Å². The number of carbonyl (C=O) groups is 1. The van der Waals surface area contributed by atoms with E-state index in [0.717, 1.165) is 5.56 Å². The molecule has 0 unspecified atom stereocenters. The predicted octanol–water partition coefficient (Wildman–Crippen LogP) is 4.76. The Labute approximate surface area is 197 Å². The number of rotatable bonds is 8. The summed E-state index contributed by atoms with van der Waals surface area (Å²) in [5.74, 6) is -0.633. The van der Waals surface area contributed by atoms with Crippen LogP contribution >= 0.6 is 11.6 Å². The van der Waals surface area contributed by atoms with E-state index in [-0.39, 0.29) is 41.3 Å². The van der Waals surface area contributed by atoms with Crippen molar-refractivity contribution in [1.82, 2.24) is 14.8 Å². The maximum Gasteiger partial charge on any atom is 0.311 e. The van der Waals surface area contributed by atoms with Crippen LogP contribution in [0, 0.1) is 22.9 Å². The molecule has 0 aliphatic rings. The Balaban J connectivity index is 1.36. The third-order valence-electron chi connectivity index (χ3n) is 4.68. The number of benzene rings is 2. The number of carbonyl (C=O) groups excluding carboxylic acids is 1. The molecule has 0 fully saturated rings. The van der Waals surface area contributed by atoms with Crippen LogP contribution in [0.25, 0.3) is 0 Å². The van der Waals surface area contributed by atoms with Gasteiger partial charge in [0, 0.05) is 11.1 Å². The van der Waals surface area contributed by atoms with Crippen LogP contribution in [0.5, 0.6) is 5.75 Å². The lowest BCUT2D eigenvalue weighted by molar-refractivity contribution is -0.386. The molecule has 0 saturated heterocycles. The van der Waals surface area contributed by atoms with Gasteiger partial charge in [-0.2, -0.15) is 0 Å². The fourth-order valence-electron chi connectivity index (χ4n) is 3.03. The highest BCUT2D eigenvalue weighted by molar-refractivity contribution is 6.31. The number of amides is 1. The van der Waals surface area contributed by atoms with Gasteiger partial charge >= 0.3 is 5.69 Å². The molecule has 10 nitrogen and oxygen atoms in total. The zero-order chi connectivity index (χ0) is 24.2. The third kappa shape index (κ3) is 5.38. The highest BCUT2D eigenvalue weighted by Crippen LogP contribution is 2.28. The van der Waals surface area contributed by atoms with Crippen molar-refractivity contribution in [2.75, 3.05) is 5.32 Å². The van der Waals surface area contributed by atoms with E-state index in [2.05, 4.69) is 15.4 Å². The summed E-state index contributed by atoms with van der Waals surface area (Å²) in [6, 6.07) is 11.6. The number of aromatic nitrogens is 3. The second-order valence-corrected chi connectivity index (χ2v) is 7.65. The molecule has 0 aliphatic heterocycles. The summed E-state index contributed by atoms with van der Waals surface area (Å²) >= 11 is 6.02. The van der Waals surface area contributed by atoms with Crippen molar-refractivity contribution in [2.24, 2.45) is 0 Å². The average Bonchev–Trinajstić information content (AvgIpc) is 3.44. The second-order valence-electron chi connectivity index (χ2n) is 7.24. The molecule has 2 heterocycles. The number of anilines is 1. The first-order chi connectivity index (χ1) is 16.3. The van der Waals surface area contributed by atoms with Crippen molar-refractivity contribution in [1.29, 1.82) is 0 Å². The third-order valence-corrected chi connectivity index (χ3v) is 5.03. The van der Waals surface area contributed by atoms with E-state index in [1.165, 1.54) is 53.5 Å². The summed E-state index contributed by atoms with van der Waals surface area (Å²) in [6.07, 6.45) is 1.39. The highest BCUT2D eigenvalue weighted by atomic mass is 35.5. The topological polar surface area (TPSA) is 125 Å². The van der Waals surface area contributed by atoms with Gasteiger partial charge < -0.3 is 9.15 Å². The smallest absolute Gasteiger partial charge is 0.311 e. The monoisotopic (exact) mass is 485 g/mol. The fourth-order valence-corrected chi connectivity index (χ4v) is 3.26. The van der Waals surface area contributed by atoms with Gasteiger partial charge in [-0.3, -0.25) is 20.2 Å². The van der Waals surface area contributed by atoms with Gasteiger partial charge in [0.1, 0.15) is 24.5 Å². The van der Waals surface area contributed by atoms with Gasteiger partial charge in [0.15, 0.2) is 11.5 Å². The van der Waals surface area contributed by atoms with Crippen LogP contribution in [0.15, 0.2) is 59.3 Å². The maximum atomic E-state index is 13.2. The lowest BCUT2D eigenvalue weighted by atomic mass is 10.2. The Kier molecular flexibility index (Phi) is 6.55. The predicted molar refractivity (Wildman–Crippen MR) is 119 cm³/mol. The number of nitro groups is 1. The highest BCUT2D eigenvalue weighted by Gasteiger charge is 2.18. The normalized spacial score (nSPS) is 10.8. The fraction of sp³-hybridized carbons (Fsp3) is 0.136. The SMILES string of the molecule is Cc1ccc(OCc2ccc(C(=O)Nc3ncn(Cc4ccc(F)cc4Cl)n3)o2)c([N+](=O)[O-])c1. The summed E-state index contributed by atoms with van der Waals surface area (Å²) in [5, 5.41) is 18.1. The maximum absolute atomic E-state index is 13.2. The molecule has 174 valence electrons. The summed E-state index contributed by atoms with van der Waals surface area (Å²) in [7, 11) is 0. The van der Waals surface area contributed by atoms with Crippen LogP contribution in [0.3, 0.4) is 0 Å². The van der Waals surface area contributed by atoms with Gasteiger partial charge in [0.05, 0.1) is 11.5 Å². The van der Waals surface area contributed by atoms with Crippen LogP contribution < -0.4 is 10.1 Å². The Morgan fingerprint density at radius 3 is 2.85 bits per heavy atom. The first-order valence-corrected chi connectivity index (χ1v) is 10.3. The number of aryl methyl sites for hydroxylation is 1. The van der Waals surface area contributed by atoms with E-state index in [1.807, 2.05) is 0 Å². The molecule has 0 aliphatic carbocycles. The molecule has 0 spiro atoms. The molecule has 0 saturated carbocycles. The minimum absolute atomic E-state index is 0.0186. The zero-order valence-corrected chi connectivity index (χ0v) is 18.5. The van der Waals surface area contributed by atoms with Gasteiger partial charge in [-0.25, -0.2) is 14.1 Å². The van der Waals surface area contributed by atoms with Crippen LogP contribution in [-0.2, 0) is 13.2 Å². The molecule has 4 aromatic rings. The zero-order valence-electron chi connectivity index (χ0n) is 17.7. The summed E-state index contributed by atoms with van der Waals surface area (Å²) in [4.78, 5) is 27.1. The van der Waals surface area contributed by atoms with E-state index >= 15 is 0 Å². The molecule has 4 rings (SSSR count). The van der Waals surface area contributed by atoms with E-state index in [1.54, 1.807) is 13.0 Å². The molecular weight excluding hydrogens is 469 g/mol. The van der Waals surface area contributed by atoms with Gasteiger partial charge in [0.2, 0.25) is 5.95 Å². The first-order valence-electron chi connectivity index (χ1n) is 9.90. The Morgan fingerprint density at radius 2 is 2.09 bits per heavy atom. The van der Waals surface area contributed by atoms with Crippen molar-refractivity contribution in [3.63, 3.8) is 0 Å². The minimum Gasteiger partial charge on any atom is -0.479 e. The molecule has 1 N–H and O–H groups in total. The quantitative estimate of drug-likeness (QED) is 0.281. The second kappa shape index (κ2) is 9.71. The van der Waals surface area contributed by atoms with Crippen molar-refractivity contribution in [2.45, 2.75) is 20.1 Å². The summed E-state index contributed by atoms with van der Waals surface area (Å²) < 4.78 is 25.6. The molecule has 2 aromatic heterocycles. The standard InChI is InChI=1S/C22H17ClFN5O5/c1-13-2-6-19(18(8-13)29(31)32)33-11-16-5-7-20(34-16)21(30)26-22-25-12-28(27-22)10-14-3-4-15(24)9-17(14)23/h2-9,12H,10-11H2,1H3,(H,26,27,30). The van der Waals surface area contributed by atoms with Crippen LogP contribution in [0.1, 0.15) is 27.4 Å². The van der Waals surface area contributed by atoms with E-state index < -0.39 is 16.6 Å². The van der Waals surface area contributed by atoms with E-state index in [4.69, 9.17) is 20.8 Å². The molecular formula is C22H17ClFN5O5. The van der Waals surface area contributed by atoms with Crippen molar-refractivity contribution in [3.8, 4) is 5.75 Å². The number of nitrogens with zero attached hydrogens (tertiary/aromatic N) is 4. The van der Waals surface area contributed by atoms with Gasteiger partial charge in [-0.1, -0.05) is 23.7 Å². The molecule has 1 amide bonds. The average molecular weight is 486 g/mol. The number of hydrogen-bond donors (Lipinski definition) is 1. The number of furan rings is 1. The van der Waals surface area contributed by atoms with Crippen LogP contribution in [0.2, 0.25) is 5.02 Å². The molecule has 2 aromatic carbocycles. The minimum atomic E-state index is -0.592. The number of halogens is 2. The van der Waals surface area contributed by atoms with Crippen LogP contribution in [0.4, 0.5) is 16.0 Å². The van der Waals surface area contributed by atoms with Gasteiger partial charge in [-0.05, 0) is 48.4 Å². The lowest BCUT2D eigenvalue weighted by Crippen LogP contribution is -2.12. The largest absolute Gasteiger partial charge is 0.479 e. The molecule has 12 heteroatoms. The van der Waals surface area contributed by atoms with Gasteiger partial charge in [0.25, 0.3) is 5.91 Å².